The number of hydrogen-bond acceptors (Lipinski definition) is 1. The summed E-state index contributed by atoms with van der Waals surface area (Å²) in [6.45, 7) is 8.97. The summed E-state index contributed by atoms with van der Waals surface area (Å²) < 4.78 is 5.29. The third kappa shape index (κ3) is 4.58. The highest BCUT2D eigenvalue weighted by Crippen LogP contribution is 2.26. The maximum absolute atomic E-state index is 5.29. The lowest BCUT2D eigenvalue weighted by Gasteiger charge is -2.20. The number of ether oxygens (including phenoxy) is 1. The molecule has 0 radical (unpaired) electrons. The van der Waals surface area contributed by atoms with E-state index in [1.54, 1.807) is 7.11 Å². The van der Waals surface area contributed by atoms with Gasteiger partial charge in [0.05, 0.1) is 7.11 Å². The number of allylic oxidation sites excluding steroid dienone is 4. The van der Waals surface area contributed by atoms with Gasteiger partial charge in [-0.2, -0.15) is 0 Å². The highest BCUT2D eigenvalue weighted by atomic mass is 16.5. The molecule has 0 aromatic rings. The molecule has 0 spiro atoms. The topological polar surface area (TPSA) is 9.23 Å². The second-order valence-electron chi connectivity index (χ2n) is 5.41. The molecule has 0 saturated heterocycles. The molecule has 0 aromatic carbocycles. The molecule has 18 heavy (non-hydrogen) atoms. The zero-order valence-corrected chi connectivity index (χ0v) is 12.4. The first-order chi connectivity index (χ1) is 8.56. The Morgan fingerprint density at radius 2 is 2.00 bits per heavy atom. The average Bonchev–Trinajstić information content (AvgIpc) is 2.50. The van der Waals surface area contributed by atoms with Crippen molar-refractivity contribution in [1.82, 2.24) is 0 Å². The minimum atomic E-state index is 0.728. The average molecular weight is 246 g/mol. The Bertz CT molecular complexity index is 390. The molecule has 100 valence electrons. The van der Waals surface area contributed by atoms with Gasteiger partial charge >= 0.3 is 0 Å². The van der Waals surface area contributed by atoms with Crippen LogP contribution in [0.2, 0.25) is 0 Å². The number of rotatable bonds is 6. The van der Waals surface area contributed by atoms with E-state index in [2.05, 4.69) is 39.5 Å². The van der Waals surface area contributed by atoms with Crippen LogP contribution in [0.3, 0.4) is 0 Å². The molecule has 0 aromatic heterocycles. The lowest BCUT2D eigenvalue weighted by Crippen LogP contribution is -2.08. The van der Waals surface area contributed by atoms with Crippen molar-refractivity contribution < 1.29 is 4.74 Å². The monoisotopic (exact) mass is 246 g/mol. The molecular weight excluding hydrogens is 220 g/mol. The highest BCUT2D eigenvalue weighted by Gasteiger charge is 2.14. The second kappa shape index (κ2) is 7.28. The number of methoxy groups -OCH3 is 1. The normalized spacial score (nSPS) is 16.9. The van der Waals surface area contributed by atoms with Gasteiger partial charge in [-0.25, -0.2) is 0 Å². The Balaban J connectivity index is 2.82. The summed E-state index contributed by atoms with van der Waals surface area (Å²) in [5.74, 6) is 2.39. The SMILES string of the molecule is CCCC(CC1=C=C(C)C=C(OC)C=C1)C(C)C. The molecular formula is C17H26O. The van der Waals surface area contributed by atoms with Gasteiger partial charge in [-0.1, -0.05) is 33.6 Å². The summed E-state index contributed by atoms with van der Waals surface area (Å²) in [7, 11) is 1.71. The van der Waals surface area contributed by atoms with Gasteiger partial charge in [-0.05, 0) is 54.6 Å². The Morgan fingerprint density at radius 1 is 1.28 bits per heavy atom. The maximum atomic E-state index is 5.29. The quantitative estimate of drug-likeness (QED) is 0.598. The van der Waals surface area contributed by atoms with Crippen molar-refractivity contribution >= 4 is 0 Å². The molecule has 0 bridgehead atoms. The van der Waals surface area contributed by atoms with Crippen LogP contribution in [0.1, 0.15) is 47.0 Å². The van der Waals surface area contributed by atoms with Crippen molar-refractivity contribution in [2.75, 3.05) is 7.11 Å². The van der Waals surface area contributed by atoms with Gasteiger partial charge in [0.15, 0.2) is 0 Å². The Labute approximate surface area is 112 Å². The lowest BCUT2D eigenvalue weighted by atomic mass is 9.85. The van der Waals surface area contributed by atoms with Crippen LogP contribution in [0, 0.1) is 11.8 Å². The molecule has 0 heterocycles. The predicted molar refractivity (Wildman–Crippen MR) is 78.3 cm³/mol. The summed E-state index contributed by atoms with van der Waals surface area (Å²) in [4.78, 5) is 0. The van der Waals surface area contributed by atoms with Gasteiger partial charge in [0, 0.05) is 0 Å². The molecule has 0 amide bonds. The van der Waals surface area contributed by atoms with Gasteiger partial charge < -0.3 is 4.74 Å². The van der Waals surface area contributed by atoms with Crippen molar-refractivity contribution in [1.29, 1.82) is 0 Å². The van der Waals surface area contributed by atoms with Crippen LogP contribution in [0.4, 0.5) is 0 Å². The van der Waals surface area contributed by atoms with E-state index in [1.165, 1.54) is 18.4 Å². The minimum Gasteiger partial charge on any atom is -0.497 e. The van der Waals surface area contributed by atoms with E-state index in [0.29, 0.717) is 0 Å². The fourth-order valence-electron chi connectivity index (χ4n) is 2.35. The van der Waals surface area contributed by atoms with Crippen LogP contribution in [0.15, 0.2) is 40.9 Å². The smallest absolute Gasteiger partial charge is 0.119 e. The molecule has 0 N–H and O–H groups in total. The molecule has 1 aliphatic carbocycles. The summed E-state index contributed by atoms with van der Waals surface area (Å²) in [6, 6.07) is 0. The Morgan fingerprint density at radius 3 is 2.56 bits per heavy atom. The zero-order chi connectivity index (χ0) is 13.5. The summed E-state index contributed by atoms with van der Waals surface area (Å²) in [6.07, 6.45) is 9.89. The van der Waals surface area contributed by atoms with Gasteiger partial charge in [0.25, 0.3) is 0 Å². The predicted octanol–water partition coefficient (Wildman–Crippen LogP) is 5.02. The van der Waals surface area contributed by atoms with Crippen molar-refractivity contribution in [3.05, 3.63) is 40.9 Å². The third-order valence-corrected chi connectivity index (χ3v) is 3.49. The van der Waals surface area contributed by atoms with Gasteiger partial charge in [0.2, 0.25) is 0 Å². The van der Waals surface area contributed by atoms with E-state index < -0.39 is 0 Å². The fourth-order valence-corrected chi connectivity index (χ4v) is 2.35. The molecule has 1 rings (SSSR count). The van der Waals surface area contributed by atoms with Gasteiger partial charge in [0.1, 0.15) is 5.76 Å². The molecule has 0 aliphatic heterocycles. The zero-order valence-electron chi connectivity index (χ0n) is 12.4. The van der Waals surface area contributed by atoms with Crippen molar-refractivity contribution in [2.45, 2.75) is 47.0 Å². The molecule has 1 aliphatic rings. The lowest BCUT2D eigenvalue weighted by molar-refractivity contribution is 0.306. The first-order valence-corrected chi connectivity index (χ1v) is 6.97. The van der Waals surface area contributed by atoms with E-state index >= 15 is 0 Å². The summed E-state index contributed by atoms with van der Waals surface area (Å²) in [5.41, 5.74) is 5.92. The molecule has 1 heteroatoms. The molecule has 0 fully saturated rings. The van der Waals surface area contributed by atoms with Gasteiger partial charge in [-0.15, -0.1) is 5.73 Å². The van der Waals surface area contributed by atoms with Crippen molar-refractivity contribution in [3.63, 3.8) is 0 Å². The van der Waals surface area contributed by atoms with Crippen molar-refractivity contribution in [2.24, 2.45) is 11.8 Å². The Hall–Kier alpha value is -1.20. The first-order valence-electron chi connectivity index (χ1n) is 6.97. The number of hydrogen-bond donors (Lipinski definition) is 0. The fraction of sp³-hybridized carbons (Fsp3) is 0.588. The molecule has 0 saturated carbocycles. The van der Waals surface area contributed by atoms with E-state index in [1.807, 2.05) is 12.2 Å². The highest BCUT2D eigenvalue weighted by molar-refractivity contribution is 5.35. The van der Waals surface area contributed by atoms with E-state index in [-0.39, 0.29) is 0 Å². The van der Waals surface area contributed by atoms with Crippen LogP contribution < -0.4 is 0 Å². The van der Waals surface area contributed by atoms with Crippen LogP contribution in [-0.4, -0.2) is 7.11 Å². The summed E-state index contributed by atoms with van der Waals surface area (Å²) in [5, 5.41) is 0. The van der Waals surface area contributed by atoms with Crippen LogP contribution in [0.5, 0.6) is 0 Å². The molecule has 1 unspecified atom stereocenters. The third-order valence-electron chi connectivity index (χ3n) is 3.49. The van der Waals surface area contributed by atoms with Crippen LogP contribution in [0.25, 0.3) is 0 Å². The molecule has 1 atom stereocenters. The van der Waals surface area contributed by atoms with Crippen molar-refractivity contribution in [3.8, 4) is 0 Å². The summed E-state index contributed by atoms with van der Waals surface area (Å²) >= 11 is 0. The first kappa shape index (κ1) is 14.9. The van der Waals surface area contributed by atoms with E-state index in [0.717, 1.165) is 29.6 Å². The minimum absolute atomic E-state index is 0.728. The van der Waals surface area contributed by atoms with Crippen LogP contribution >= 0.6 is 0 Å². The largest absolute Gasteiger partial charge is 0.497 e. The second-order valence-corrected chi connectivity index (χ2v) is 5.41. The Kier molecular flexibility index (Phi) is 6.01. The maximum Gasteiger partial charge on any atom is 0.119 e. The molecule has 1 nitrogen and oxygen atoms in total. The van der Waals surface area contributed by atoms with Crippen LogP contribution in [-0.2, 0) is 4.74 Å². The van der Waals surface area contributed by atoms with E-state index in [9.17, 15) is 0 Å². The standard InChI is InChI=1S/C17H26O/c1-6-7-16(13(2)3)12-15-8-9-17(18-5)11-14(4)10-15/h8-9,11,13,16H,6-7,12H2,1-5H3. The van der Waals surface area contributed by atoms with Gasteiger partial charge in [-0.3, -0.25) is 0 Å². The van der Waals surface area contributed by atoms with E-state index in [4.69, 9.17) is 4.74 Å².